The number of hydrogen-bond donors (Lipinski definition) is 1. The standard InChI is InChI=1S/C12H15N3/c1-9-3-2-6-15(9)12-5-4-11(14)7-10(12)8-13/h4-5,7,9H,2-3,6,14H2,1H3. The molecular weight excluding hydrogens is 186 g/mol. The highest BCUT2D eigenvalue weighted by atomic mass is 15.2. The monoisotopic (exact) mass is 201 g/mol. The van der Waals surface area contributed by atoms with Crippen molar-refractivity contribution in [3.8, 4) is 6.07 Å². The minimum Gasteiger partial charge on any atom is -0.399 e. The zero-order valence-corrected chi connectivity index (χ0v) is 8.90. The number of nitrogen functional groups attached to an aromatic ring is 1. The van der Waals surface area contributed by atoms with Crippen molar-refractivity contribution in [1.29, 1.82) is 5.26 Å². The van der Waals surface area contributed by atoms with Crippen molar-refractivity contribution in [2.75, 3.05) is 17.2 Å². The zero-order valence-electron chi connectivity index (χ0n) is 8.90. The van der Waals surface area contributed by atoms with Gasteiger partial charge in [0.05, 0.1) is 11.3 Å². The Bertz CT molecular complexity index is 406. The fourth-order valence-electron chi connectivity index (χ4n) is 2.18. The summed E-state index contributed by atoms with van der Waals surface area (Å²) in [5.74, 6) is 0. The van der Waals surface area contributed by atoms with Crippen LogP contribution < -0.4 is 10.6 Å². The third kappa shape index (κ3) is 1.75. The van der Waals surface area contributed by atoms with Crippen LogP contribution >= 0.6 is 0 Å². The molecule has 3 nitrogen and oxygen atoms in total. The normalized spacial score (nSPS) is 20.3. The summed E-state index contributed by atoms with van der Waals surface area (Å²) in [5, 5.41) is 9.06. The summed E-state index contributed by atoms with van der Waals surface area (Å²) in [4.78, 5) is 2.29. The predicted octanol–water partition coefficient (Wildman–Crippen LogP) is 2.13. The molecule has 0 saturated carbocycles. The van der Waals surface area contributed by atoms with E-state index in [0.717, 1.165) is 12.2 Å². The zero-order chi connectivity index (χ0) is 10.8. The number of benzene rings is 1. The molecule has 78 valence electrons. The molecular formula is C12H15N3. The Kier molecular flexibility index (Phi) is 2.51. The van der Waals surface area contributed by atoms with Crippen molar-refractivity contribution in [2.45, 2.75) is 25.8 Å². The van der Waals surface area contributed by atoms with E-state index in [2.05, 4.69) is 17.9 Å². The Morgan fingerprint density at radius 2 is 2.33 bits per heavy atom. The van der Waals surface area contributed by atoms with E-state index >= 15 is 0 Å². The van der Waals surface area contributed by atoms with Crippen molar-refractivity contribution < 1.29 is 0 Å². The van der Waals surface area contributed by atoms with Crippen molar-refractivity contribution in [2.24, 2.45) is 0 Å². The molecule has 1 heterocycles. The predicted molar refractivity (Wildman–Crippen MR) is 61.6 cm³/mol. The van der Waals surface area contributed by atoms with Crippen LogP contribution in [0.15, 0.2) is 18.2 Å². The van der Waals surface area contributed by atoms with Crippen molar-refractivity contribution in [1.82, 2.24) is 0 Å². The van der Waals surface area contributed by atoms with Gasteiger partial charge in [-0.15, -0.1) is 0 Å². The minimum absolute atomic E-state index is 0.528. The summed E-state index contributed by atoms with van der Waals surface area (Å²) in [5.41, 5.74) is 8.03. The first-order valence-electron chi connectivity index (χ1n) is 5.28. The highest BCUT2D eigenvalue weighted by molar-refractivity contribution is 5.65. The average molecular weight is 201 g/mol. The Labute approximate surface area is 90.1 Å². The lowest BCUT2D eigenvalue weighted by atomic mass is 10.1. The Balaban J connectivity index is 2.39. The Hall–Kier alpha value is -1.69. The fraction of sp³-hybridized carbons (Fsp3) is 0.417. The van der Waals surface area contributed by atoms with Crippen LogP contribution in [0, 0.1) is 11.3 Å². The van der Waals surface area contributed by atoms with Crippen molar-refractivity contribution in [3.63, 3.8) is 0 Å². The van der Waals surface area contributed by atoms with Gasteiger partial charge in [-0.05, 0) is 38.0 Å². The highest BCUT2D eigenvalue weighted by Gasteiger charge is 2.22. The maximum absolute atomic E-state index is 9.06. The summed E-state index contributed by atoms with van der Waals surface area (Å²) >= 11 is 0. The maximum Gasteiger partial charge on any atom is 0.101 e. The molecule has 3 heteroatoms. The van der Waals surface area contributed by atoms with Gasteiger partial charge in [-0.25, -0.2) is 0 Å². The van der Waals surface area contributed by atoms with Crippen LogP contribution in [0.5, 0.6) is 0 Å². The van der Waals surface area contributed by atoms with Crippen LogP contribution in [0.25, 0.3) is 0 Å². The number of rotatable bonds is 1. The first-order valence-corrected chi connectivity index (χ1v) is 5.28. The van der Waals surface area contributed by atoms with Gasteiger partial charge in [0.25, 0.3) is 0 Å². The minimum atomic E-state index is 0.528. The molecule has 1 aliphatic heterocycles. The second kappa shape index (κ2) is 3.82. The van der Waals surface area contributed by atoms with E-state index in [-0.39, 0.29) is 0 Å². The molecule has 15 heavy (non-hydrogen) atoms. The summed E-state index contributed by atoms with van der Waals surface area (Å²) in [7, 11) is 0. The smallest absolute Gasteiger partial charge is 0.101 e. The summed E-state index contributed by atoms with van der Waals surface area (Å²) in [6.45, 7) is 3.24. The van der Waals surface area contributed by atoms with Crippen LogP contribution in [0.1, 0.15) is 25.3 Å². The molecule has 1 saturated heterocycles. The average Bonchev–Trinajstić information content (AvgIpc) is 2.64. The summed E-state index contributed by atoms with van der Waals surface area (Å²) < 4.78 is 0. The van der Waals surface area contributed by atoms with Crippen LogP contribution in [-0.2, 0) is 0 Å². The van der Waals surface area contributed by atoms with E-state index in [1.807, 2.05) is 12.1 Å². The quantitative estimate of drug-likeness (QED) is 0.708. The second-order valence-corrected chi connectivity index (χ2v) is 4.07. The molecule has 2 rings (SSSR count). The lowest BCUT2D eigenvalue weighted by Crippen LogP contribution is -2.27. The SMILES string of the molecule is CC1CCCN1c1ccc(N)cc1C#N. The molecule has 0 amide bonds. The molecule has 0 spiro atoms. The number of anilines is 2. The van der Waals surface area contributed by atoms with Gasteiger partial charge in [-0.1, -0.05) is 0 Å². The van der Waals surface area contributed by atoms with Crippen LogP contribution in [0.3, 0.4) is 0 Å². The lowest BCUT2D eigenvalue weighted by molar-refractivity contribution is 0.734. The number of nitrogens with zero attached hydrogens (tertiary/aromatic N) is 2. The molecule has 1 unspecified atom stereocenters. The molecule has 1 aliphatic rings. The third-order valence-electron chi connectivity index (χ3n) is 3.00. The summed E-state index contributed by atoms with van der Waals surface area (Å²) in [6, 6.07) is 8.31. The van der Waals surface area contributed by atoms with Crippen molar-refractivity contribution >= 4 is 11.4 Å². The Morgan fingerprint density at radius 3 is 2.93 bits per heavy atom. The molecule has 0 aromatic heterocycles. The molecule has 1 atom stereocenters. The van der Waals surface area contributed by atoms with Crippen molar-refractivity contribution in [3.05, 3.63) is 23.8 Å². The molecule has 1 fully saturated rings. The maximum atomic E-state index is 9.06. The van der Waals surface area contributed by atoms with Gasteiger partial charge in [0, 0.05) is 18.3 Å². The molecule has 1 aromatic rings. The fourth-order valence-corrected chi connectivity index (χ4v) is 2.18. The van der Waals surface area contributed by atoms with Gasteiger partial charge in [-0.2, -0.15) is 5.26 Å². The molecule has 0 aliphatic carbocycles. The second-order valence-electron chi connectivity index (χ2n) is 4.07. The molecule has 0 radical (unpaired) electrons. The van der Waals surface area contributed by atoms with Crippen LogP contribution in [-0.4, -0.2) is 12.6 Å². The Morgan fingerprint density at radius 1 is 1.53 bits per heavy atom. The largest absolute Gasteiger partial charge is 0.399 e. The van der Waals surface area contributed by atoms with Gasteiger partial charge in [-0.3, -0.25) is 0 Å². The van der Waals surface area contributed by atoms with Gasteiger partial charge in [0.1, 0.15) is 6.07 Å². The summed E-state index contributed by atoms with van der Waals surface area (Å²) in [6.07, 6.45) is 2.41. The van der Waals surface area contributed by atoms with E-state index in [9.17, 15) is 0 Å². The first-order chi connectivity index (χ1) is 7.22. The van der Waals surface area contributed by atoms with E-state index < -0.39 is 0 Å². The van der Waals surface area contributed by atoms with Gasteiger partial charge in [0.2, 0.25) is 0 Å². The topological polar surface area (TPSA) is 53.0 Å². The molecule has 2 N–H and O–H groups in total. The van der Waals surface area contributed by atoms with Crippen LogP contribution in [0.2, 0.25) is 0 Å². The molecule has 1 aromatic carbocycles. The van der Waals surface area contributed by atoms with Gasteiger partial charge in [0.15, 0.2) is 0 Å². The number of nitriles is 1. The first kappa shape index (κ1) is 9.85. The van der Waals surface area contributed by atoms with Crippen LogP contribution in [0.4, 0.5) is 11.4 Å². The van der Waals surface area contributed by atoms with Gasteiger partial charge >= 0.3 is 0 Å². The van der Waals surface area contributed by atoms with E-state index in [1.54, 1.807) is 6.07 Å². The third-order valence-corrected chi connectivity index (χ3v) is 3.00. The van der Waals surface area contributed by atoms with E-state index in [1.165, 1.54) is 12.8 Å². The number of hydrogen-bond acceptors (Lipinski definition) is 3. The number of nitrogens with two attached hydrogens (primary N) is 1. The van der Waals surface area contributed by atoms with E-state index in [0.29, 0.717) is 17.3 Å². The van der Waals surface area contributed by atoms with E-state index in [4.69, 9.17) is 11.0 Å². The van der Waals surface area contributed by atoms with Gasteiger partial charge < -0.3 is 10.6 Å². The highest BCUT2D eigenvalue weighted by Crippen LogP contribution is 2.29. The molecule has 0 bridgehead atoms. The lowest BCUT2D eigenvalue weighted by Gasteiger charge is -2.24.